The summed E-state index contributed by atoms with van der Waals surface area (Å²) in [7, 11) is 0. The average Bonchev–Trinajstić information content (AvgIpc) is 3.15. The second-order valence-corrected chi connectivity index (χ2v) is 6.50. The SMILES string of the molecule is Cc1ccc(C)n1-c1sccc1C(=O)Nc1ccc(F)c(C(N)=O)c1. The van der Waals surface area contributed by atoms with E-state index in [2.05, 4.69) is 5.32 Å². The third kappa shape index (κ3) is 3.18. The molecule has 5 nitrogen and oxygen atoms in total. The molecule has 0 fully saturated rings. The van der Waals surface area contributed by atoms with Gasteiger partial charge < -0.3 is 15.6 Å². The van der Waals surface area contributed by atoms with Gasteiger partial charge in [0.1, 0.15) is 10.8 Å². The number of anilines is 1. The van der Waals surface area contributed by atoms with Gasteiger partial charge in [-0.3, -0.25) is 9.59 Å². The summed E-state index contributed by atoms with van der Waals surface area (Å²) in [5.41, 5.74) is 7.72. The van der Waals surface area contributed by atoms with Crippen molar-refractivity contribution in [2.45, 2.75) is 13.8 Å². The molecule has 0 saturated carbocycles. The topological polar surface area (TPSA) is 77.1 Å². The Bertz CT molecular complexity index is 955. The van der Waals surface area contributed by atoms with E-state index in [0.717, 1.165) is 22.5 Å². The summed E-state index contributed by atoms with van der Waals surface area (Å²) in [4.78, 5) is 23.9. The van der Waals surface area contributed by atoms with E-state index in [1.165, 1.54) is 23.5 Å². The smallest absolute Gasteiger partial charge is 0.258 e. The van der Waals surface area contributed by atoms with E-state index >= 15 is 0 Å². The minimum Gasteiger partial charge on any atom is -0.366 e. The van der Waals surface area contributed by atoms with Crippen molar-refractivity contribution in [3.63, 3.8) is 0 Å². The van der Waals surface area contributed by atoms with Crippen molar-refractivity contribution in [1.82, 2.24) is 4.57 Å². The summed E-state index contributed by atoms with van der Waals surface area (Å²) >= 11 is 1.45. The third-order valence-corrected chi connectivity index (χ3v) is 4.75. The Hall–Kier alpha value is -2.93. The monoisotopic (exact) mass is 357 g/mol. The molecule has 0 aliphatic carbocycles. The number of carbonyl (C=O) groups excluding carboxylic acids is 2. The molecule has 0 aliphatic rings. The molecule has 3 aromatic rings. The zero-order chi connectivity index (χ0) is 18.1. The van der Waals surface area contributed by atoms with Crippen LogP contribution < -0.4 is 11.1 Å². The number of hydrogen-bond acceptors (Lipinski definition) is 3. The lowest BCUT2D eigenvalue weighted by Crippen LogP contribution is -2.16. The Kier molecular flexibility index (Phi) is 4.41. The molecule has 1 aromatic carbocycles. The van der Waals surface area contributed by atoms with Crippen LogP contribution in [0.25, 0.3) is 5.00 Å². The Morgan fingerprint density at radius 3 is 2.40 bits per heavy atom. The van der Waals surface area contributed by atoms with Gasteiger partial charge in [-0.05, 0) is 55.6 Å². The third-order valence-electron chi connectivity index (χ3n) is 3.85. The first kappa shape index (κ1) is 16.9. The quantitative estimate of drug-likeness (QED) is 0.748. The van der Waals surface area contributed by atoms with Crippen LogP contribution in [0.15, 0.2) is 41.8 Å². The van der Waals surface area contributed by atoms with E-state index in [9.17, 15) is 14.0 Å². The van der Waals surface area contributed by atoms with Crippen molar-refractivity contribution in [3.8, 4) is 5.00 Å². The first-order valence-corrected chi connectivity index (χ1v) is 8.40. The first-order chi connectivity index (χ1) is 11.9. The van der Waals surface area contributed by atoms with Crippen molar-refractivity contribution >= 4 is 28.8 Å². The van der Waals surface area contributed by atoms with E-state index in [4.69, 9.17) is 5.73 Å². The summed E-state index contributed by atoms with van der Waals surface area (Å²) in [6.07, 6.45) is 0. The van der Waals surface area contributed by atoms with E-state index in [0.29, 0.717) is 11.3 Å². The first-order valence-electron chi connectivity index (χ1n) is 7.52. The fourth-order valence-corrected chi connectivity index (χ4v) is 3.64. The number of aromatic nitrogens is 1. The number of aryl methyl sites for hydroxylation is 2. The number of primary amides is 1. The van der Waals surface area contributed by atoms with Crippen molar-refractivity contribution in [2.24, 2.45) is 5.73 Å². The second kappa shape index (κ2) is 6.52. The fraction of sp³-hybridized carbons (Fsp3) is 0.111. The highest BCUT2D eigenvalue weighted by molar-refractivity contribution is 7.13. The molecule has 128 valence electrons. The number of amides is 2. The van der Waals surface area contributed by atoms with Crippen molar-refractivity contribution in [2.75, 3.05) is 5.32 Å². The molecule has 3 N–H and O–H groups in total. The maximum absolute atomic E-state index is 13.6. The number of halogens is 1. The lowest BCUT2D eigenvalue weighted by molar-refractivity contribution is 0.0992. The van der Waals surface area contributed by atoms with Crippen molar-refractivity contribution < 1.29 is 14.0 Å². The number of carbonyl (C=O) groups is 2. The Morgan fingerprint density at radius 2 is 1.76 bits per heavy atom. The van der Waals surface area contributed by atoms with Crippen LogP contribution in [0.5, 0.6) is 0 Å². The van der Waals surface area contributed by atoms with Crippen molar-refractivity contribution in [3.05, 3.63) is 70.1 Å². The summed E-state index contributed by atoms with van der Waals surface area (Å²) in [5.74, 6) is -1.95. The Morgan fingerprint density at radius 1 is 1.08 bits per heavy atom. The van der Waals surface area contributed by atoms with Gasteiger partial charge in [-0.2, -0.15) is 0 Å². The zero-order valence-corrected chi connectivity index (χ0v) is 14.5. The molecule has 3 rings (SSSR count). The standard InChI is InChI=1S/C18H16FN3O2S/c1-10-3-4-11(2)22(10)18-13(7-8-25-18)17(24)21-12-5-6-15(19)14(9-12)16(20)23/h3-9H,1-2H3,(H2,20,23)(H,21,24). The molecular weight excluding hydrogens is 341 g/mol. The van der Waals surface area contributed by atoms with Crippen LogP contribution in [0.1, 0.15) is 32.1 Å². The minimum absolute atomic E-state index is 0.263. The van der Waals surface area contributed by atoms with Gasteiger partial charge in [0.15, 0.2) is 0 Å². The van der Waals surface area contributed by atoms with E-state index in [1.54, 1.807) is 6.07 Å². The minimum atomic E-state index is -0.886. The molecule has 2 aromatic heterocycles. The molecule has 0 radical (unpaired) electrons. The van der Waals surface area contributed by atoms with Crippen LogP contribution >= 0.6 is 11.3 Å². The predicted octanol–water partition coefficient (Wildman–Crippen LogP) is 3.65. The molecular formula is C18H16FN3O2S. The fourth-order valence-electron chi connectivity index (χ4n) is 2.63. The van der Waals surface area contributed by atoms with Gasteiger partial charge in [0.2, 0.25) is 0 Å². The molecule has 0 atom stereocenters. The van der Waals surface area contributed by atoms with Crippen molar-refractivity contribution in [1.29, 1.82) is 0 Å². The molecule has 25 heavy (non-hydrogen) atoms. The van der Waals surface area contributed by atoms with Crippen LogP contribution in [-0.2, 0) is 0 Å². The van der Waals surface area contributed by atoms with Gasteiger partial charge in [-0.1, -0.05) is 0 Å². The van der Waals surface area contributed by atoms with Gasteiger partial charge in [-0.15, -0.1) is 11.3 Å². The Labute approximate surface area is 147 Å². The van der Waals surface area contributed by atoms with Crippen LogP contribution in [-0.4, -0.2) is 16.4 Å². The summed E-state index contributed by atoms with van der Waals surface area (Å²) in [6, 6.07) is 9.41. The van der Waals surface area contributed by atoms with Crippen LogP contribution in [0.2, 0.25) is 0 Å². The lowest BCUT2D eigenvalue weighted by Gasteiger charge is -2.11. The molecule has 2 heterocycles. The molecule has 0 saturated heterocycles. The average molecular weight is 357 g/mol. The number of nitrogens with zero attached hydrogens (tertiary/aromatic N) is 1. The lowest BCUT2D eigenvalue weighted by atomic mass is 10.1. The molecule has 7 heteroatoms. The number of benzene rings is 1. The Balaban J connectivity index is 1.93. The highest BCUT2D eigenvalue weighted by atomic mass is 32.1. The van der Waals surface area contributed by atoms with Gasteiger partial charge in [0.25, 0.3) is 11.8 Å². The highest BCUT2D eigenvalue weighted by Gasteiger charge is 2.18. The van der Waals surface area contributed by atoms with E-state index in [-0.39, 0.29) is 11.5 Å². The molecule has 0 aliphatic heterocycles. The van der Waals surface area contributed by atoms with E-state index in [1.807, 2.05) is 35.9 Å². The van der Waals surface area contributed by atoms with Gasteiger partial charge in [0, 0.05) is 17.1 Å². The van der Waals surface area contributed by atoms with Crippen LogP contribution in [0, 0.1) is 19.7 Å². The maximum Gasteiger partial charge on any atom is 0.258 e. The van der Waals surface area contributed by atoms with Crippen LogP contribution in [0.4, 0.5) is 10.1 Å². The van der Waals surface area contributed by atoms with Gasteiger partial charge >= 0.3 is 0 Å². The summed E-state index contributed by atoms with van der Waals surface area (Å²) < 4.78 is 15.6. The van der Waals surface area contributed by atoms with Crippen LogP contribution in [0.3, 0.4) is 0 Å². The summed E-state index contributed by atoms with van der Waals surface area (Å²) in [6.45, 7) is 3.93. The molecule has 0 spiro atoms. The normalized spacial score (nSPS) is 10.7. The largest absolute Gasteiger partial charge is 0.366 e. The van der Waals surface area contributed by atoms with Gasteiger partial charge in [-0.25, -0.2) is 4.39 Å². The summed E-state index contributed by atoms with van der Waals surface area (Å²) in [5, 5.41) is 5.32. The number of hydrogen-bond donors (Lipinski definition) is 2. The molecule has 0 bridgehead atoms. The van der Waals surface area contributed by atoms with E-state index < -0.39 is 11.7 Å². The zero-order valence-electron chi connectivity index (χ0n) is 13.7. The molecule has 0 unspecified atom stereocenters. The van der Waals surface area contributed by atoms with Gasteiger partial charge in [0.05, 0.1) is 11.1 Å². The number of nitrogens with two attached hydrogens (primary N) is 1. The maximum atomic E-state index is 13.6. The number of nitrogens with one attached hydrogen (secondary N) is 1. The highest BCUT2D eigenvalue weighted by Crippen LogP contribution is 2.27. The number of thiophene rings is 1. The molecule has 2 amide bonds. The second-order valence-electron chi connectivity index (χ2n) is 5.60. The predicted molar refractivity (Wildman–Crippen MR) is 96.0 cm³/mol. The number of rotatable bonds is 4.